The van der Waals surface area contributed by atoms with Gasteiger partial charge in [-0.2, -0.15) is 0 Å². The van der Waals surface area contributed by atoms with Gasteiger partial charge in [0.1, 0.15) is 16.5 Å². The maximum absolute atomic E-state index is 13.7. The van der Waals surface area contributed by atoms with Crippen molar-refractivity contribution in [3.63, 3.8) is 0 Å². The van der Waals surface area contributed by atoms with Crippen molar-refractivity contribution in [3.05, 3.63) is 39.3 Å². The van der Waals surface area contributed by atoms with Gasteiger partial charge < -0.3 is 0 Å². The van der Waals surface area contributed by atoms with Gasteiger partial charge in [0.2, 0.25) is 0 Å². The molecule has 114 valence electrons. The fraction of sp³-hybridized carbons (Fsp3) is 0.250. The molecule has 2 aromatic rings. The first kappa shape index (κ1) is 16.3. The predicted molar refractivity (Wildman–Crippen MR) is 81.1 cm³/mol. The zero-order chi connectivity index (χ0) is 15.8. The normalized spacial score (nSPS) is 11.9. The third kappa shape index (κ3) is 3.58. The fourth-order valence-electron chi connectivity index (χ4n) is 1.55. The van der Waals surface area contributed by atoms with Crippen LogP contribution in [0.5, 0.6) is 0 Å². The van der Waals surface area contributed by atoms with Crippen LogP contribution in [0, 0.1) is 11.6 Å². The molecule has 0 unspecified atom stereocenters. The van der Waals surface area contributed by atoms with Crippen molar-refractivity contribution in [2.24, 2.45) is 0 Å². The zero-order valence-corrected chi connectivity index (χ0v) is 14.2. The summed E-state index contributed by atoms with van der Waals surface area (Å²) < 4.78 is 53.2. The van der Waals surface area contributed by atoms with Gasteiger partial charge in [0.25, 0.3) is 10.0 Å². The first-order valence-corrected chi connectivity index (χ1v) is 8.99. The Labute approximate surface area is 133 Å². The Balaban J connectivity index is 2.38. The van der Waals surface area contributed by atoms with Crippen LogP contribution in [-0.4, -0.2) is 13.4 Å². The number of nitrogens with one attached hydrogen (secondary N) is 1. The maximum Gasteiger partial charge on any atom is 0.267 e. The predicted octanol–water partition coefficient (Wildman–Crippen LogP) is 4.11. The third-order valence-corrected chi connectivity index (χ3v) is 5.77. The van der Waals surface area contributed by atoms with Gasteiger partial charge in [-0.05, 0) is 27.9 Å². The highest BCUT2D eigenvalue weighted by Gasteiger charge is 2.25. The summed E-state index contributed by atoms with van der Waals surface area (Å²) in [4.78, 5) is 3.47. The van der Waals surface area contributed by atoms with Crippen molar-refractivity contribution in [3.8, 4) is 0 Å². The van der Waals surface area contributed by atoms with Crippen LogP contribution in [0.3, 0.4) is 0 Å². The van der Waals surface area contributed by atoms with Gasteiger partial charge in [-0.15, -0.1) is 11.3 Å². The minimum atomic E-state index is -4.19. The molecule has 4 nitrogen and oxygen atoms in total. The Bertz CT molecular complexity index is 752. The molecule has 0 spiro atoms. The number of thiazole rings is 1. The lowest BCUT2D eigenvalue weighted by molar-refractivity contribution is 0.548. The standard InChI is InChI=1S/C12H11BrF2N2O2S2/c1-6(2)10-5-20-12(16-10)17-21(18,19)11-8(13)3-7(14)4-9(11)15/h3-6H,1-2H3,(H,16,17). The lowest BCUT2D eigenvalue weighted by Crippen LogP contribution is -2.15. The Morgan fingerprint density at radius 1 is 1.33 bits per heavy atom. The van der Waals surface area contributed by atoms with Gasteiger partial charge >= 0.3 is 0 Å². The molecule has 0 atom stereocenters. The first-order valence-electron chi connectivity index (χ1n) is 5.83. The molecule has 1 heterocycles. The molecular weight excluding hydrogens is 386 g/mol. The van der Waals surface area contributed by atoms with Crippen LogP contribution in [0.25, 0.3) is 0 Å². The van der Waals surface area contributed by atoms with Gasteiger partial charge in [0, 0.05) is 15.9 Å². The van der Waals surface area contributed by atoms with E-state index in [1.807, 2.05) is 13.8 Å². The van der Waals surface area contributed by atoms with Crippen LogP contribution < -0.4 is 4.72 Å². The number of rotatable bonds is 4. The summed E-state index contributed by atoms with van der Waals surface area (Å²) >= 11 is 3.96. The molecule has 21 heavy (non-hydrogen) atoms. The second-order valence-electron chi connectivity index (χ2n) is 4.54. The molecule has 0 aliphatic heterocycles. The molecule has 0 saturated carbocycles. The van der Waals surface area contributed by atoms with E-state index in [2.05, 4.69) is 25.6 Å². The molecule has 1 aromatic carbocycles. The number of benzene rings is 1. The van der Waals surface area contributed by atoms with E-state index in [1.165, 1.54) is 0 Å². The quantitative estimate of drug-likeness (QED) is 0.845. The molecule has 9 heteroatoms. The van der Waals surface area contributed by atoms with Crippen molar-refractivity contribution < 1.29 is 17.2 Å². The number of nitrogens with zero attached hydrogens (tertiary/aromatic N) is 1. The average Bonchev–Trinajstić information content (AvgIpc) is 2.74. The van der Waals surface area contributed by atoms with Crippen molar-refractivity contribution in [2.75, 3.05) is 4.72 Å². The number of hydrogen-bond donors (Lipinski definition) is 1. The van der Waals surface area contributed by atoms with E-state index >= 15 is 0 Å². The topological polar surface area (TPSA) is 59.1 Å². The van der Waals surface area contributed by atoms with E-state index in [4.69, 9.17) is 0 Å². The second-order valence-corrected chi connectivity index (χ2v) is 7.87. The first-order chi connectivity index (χ1) is 9.70. The summed E-state index contributed by atoms with van der Waals surface area (Å²) in [7, 11) is -4.19. The third-order valence-electron chi connectivity index (χ3n) is 2.57. The van der Waals surface area contributed by atoms with Crippen molar-refractivity contribution in [1.29, 1.82) is 0 Å². The Kier molecular flexibility index (Phi) is 4.64. The Morgan fingerprint density at radius 3 is 2.52 bits per heavy atom. The molecule has 0 aliphatic carbocycles. The summed E-state index contributed by atoms with van der Waals surface area (Å²) in [5.41, 5.74) is 0.733. The number of hydrogen-bond acceptors (Lipinski definition) is 4. The smallest absolute Gasteiger partial charge is 0.255 e. The molecule has 0 aliphatic rings. The molecule has 0 radical (unpaired) electrons. The monoisotopic (exact) mass is 396 g/mol. The second kappa shape index (κ2) is 5.98. The molecular formula is C12H11BrF2N2O2S2. The van der Waals surface area contributed by atoms with Crippen molar-refractivity contribution in [1.82, 2.24) is 4.98 Å². The highest BCUT2D eigenvalue weighted by atomic mass is 79.9. The van der Waals surface area contributed by atoms with Crippen LogP contribution in [0.1, 0.15) is 25.5 Å². The number of sulfonamides is 1. The van der Waals surface area contributed by atoms with Crippen LogP contribution in [0.4, 0.5) is 13.9 Å². The van der Waals surface area contributed by atoms with Gasteiger partial charge in [-0.3, -0.25) is 4.72 Å². The molecule has 0 saturated heterocycles. The summed E-state index contributed by atoms with van der Waals surface area (Å²) in [5, 5.41) is 1.85. The van der Waals surface area contributed by atoms with E-state index in [0.29, 0.717) is 6.07 Å². The molecule has 1 aromatic heterocycles. The fourth-order valence-corrected chi connectivity index (χ4v) is 4.84. The van der Waals surface area contributed by atoms with Crippen LogP contribution >= 0.6 is 27.3 Å². The maximum atomic E-state index is 13.7. The minimum Gasteiger partial charge on any atom is -0.255 e. The summed E-state index contributed by atoms with van der Waals surface area (Å²) in [5.74, 6) is -1.89. The number of halogens is 3. The highest BCUT2D eigenvalue weighted by molar-refractivity contribution is 9.10. The molecule has 2 rings (SSSR count). The summed E-state index contributed by atoms with van der Waals surface area (Å²) in [6.45, 7) is 3.84. The molecule has 0 amide bonds. The highest BCUT2D eigenvalue weighted by Crippen LogP contribution is 2.29. The van der Waals surface area contributed by atoms with Crippen LogP contribution in [0.15, 0.2) is 26.9 Å². The molecule has 0 bridgehead atoms. The minimum absolute atomic E-state index is 0.134. The molecule has 0 fully saturated rings. The summed E-state index contributed by atoms with van der Waals surface area (Å²) in [6, 6.07) is 1.40. The molecule has 1 N–H and O–H groups in total. The lowest BCUT2D eigenvalue weighted by atomic mass is 10.2. The van der Waals surface area contributed by atoms with E-state index in [-0.39, 0.29) is 15.5 Å². The lowest BCUT2D eigenvalue weighted by Gasteiger charge is -2.08. The van der Waals surface area contributed by atoms with Gasteiger partial charge in [-0.25, -0.2) is 22.2 Å². The van der Waals surface area contributed by atoms with Crippen molar-refractivity contribution in [2.45, 2.75) is 24.7 Å². The van der Waals surface area contributed by atoms with Crippen molar-refractivity contribution >= 4 is 42.4 Å². The van der Waals surface area contributed by atoms with Crippen LogP contribution in [-0.2, 0) is 10.0 Å². The van der Waals surface area contributed by atoms with E-state index in [0.717, 1.165) is 23.1 Å². The average molecular weight is 397 g/mol. The van der Waals surface area contributed by atoms with E-state index in [9.17, 15) is 17.2 Å². The van der Waals surface area contributed by atoms with Gasteiger partial charge in [0.15, 0.2) is 5.13 Å². The number of aromatic nitrogens is 1. The summed E-state index contributed by atoms with van der Waals surface area (Å²) in [6.07, 6.45) is 0. The SMILES string of the molecule is CC(C)c1csc(NS(=O)(=O)c2c(F)cc(F)cc2Br)n1. The van der Waals surface area contributed by atoms with Gasteiger partial charge in [0.05, 0.1) is 5.69 Å². The largest absolute Gasteiger partial charge is 0.267 e. The van der Waals surface area contributed by atoms with Crippen LogP contribution in [0.2, 0.25) is 0 Å². The van der Waals surface area contributed by atoms with Gasteiger partial charge in [-0.1, -0.05) is 13.8 Å². The van der Waals surface area contributed by atoms with E-state index < -0.39 is 26.6 Å². The Morgan fingerprint density at radius 2 is 2.00 bits per heavy atom. The number of anilines is 1. The van der Waals surface area contributed by atoms with E-state index in [1.54, 1.807) is 5.38 Å². The Hall–Kier alpha value is -1.06. The zero-order valence-electron chi connectivity index (χ0n) is 11.0.